The normalized spacial score (nSPS) is 13.0. The maximum atomic E-state index is 12.6. The molecule has 0 bridgehead atoms. The van der Waals surface area contributed by atoms with Crippen molar-refractivity contribution in [3.05, 3.63) is 35.4 Å². The average Bonchev–Trinajstić information content (AvgIpc) is 2.08. The first kappa shape index (κ1) is 9.09. The van der Waals surface area contributed by atoms with Crippen LogP contribution < -0.4 is 5.32 Å². The number of hydrogen-bond donors (Lipinski definition) is 2. The van der Waals surface area contributed by atoms with Gasteiger partial charge in [0.1, 0.15) is 6.23 Å². The highest BCUT2D eigenvalue weighted by molar-refractivity contribution is 5.19. The zero-order chi connectivity index (χ0) is 9.14. The van der Waals surface area contributed by atoms with Gasteiger partial charge in [-0.3, -0.25) is 5.32 Å². The lowest BCUT2D eigenvalue weighted by molar-refractivity contribution is 0.148. The lowest BCUT2D eigenvalue weighted by Crippen LogP contribution is -2.15. The Bertz CT molecular complexity index is 278. The molecule has 12 heavy (non-hydrogen) atoms. The Balaban J connectivity index is 2.96. The van der Waals surface area contributed by atoms with E-state index in [1.54, 1.807) is 0 Å². The summed E-state index contributed by atoms with van der Waals surface area (Å²) in [7, 11) is 1.52. The van der Waals surface area contributed by atoms with Crippen molar-refractivity contribution in [1.29, 1.82) is 0 Å². The second kappa shape index (κ2) is 3.60. The summed E-state index contributed by atoms with van der Waals surface area (Å²) in [6.07, 6.45) is -0.958. The first-order valence-electron chi connectivity index (χ1n) is 3.45. The molecule has 0 aliphatic heterocycles. The number of hydrogen-bond acceptors (Lipinski definition) is 2. The molecule has 4 heteroatoms. The quantitative estimate of drug-likeness (QED) is 0.658. The summed E-state index contributed by atoms with van der Waals surface area (Å²) >= 11 is 0. The molecule has 1 atom stereocenters. The third kappa shape index (κ3) is 1.78. The fraction of sp³-hybridized carbons (Fsp3) is 0.250. The van der Waals surface area contributed by atoms with Crippen molar-refractivity contribution in [3.63, 3.8) is 0 Å². The summed E-state index contributed by atoms with van der Waals surface area (Å²) in [5.74, 6) is -1.87. The Morgan fingerprint density at radius 2 is 2.00 bits per heavy atom. The van der Waals surface area contributed by atoms with Gasteiger partial charge in [0.25, 0.3) is 0 Å². The minimum Gasteiger partial charge on any atom is -0.374 e. The van der Waals surface area contributed by atoms with E-state index < -0.39 is 17.9 Å². The third-order valence-corrected chi connectivity index (χ3v) is 1.53. The molecule has 1 aromatic rings. The molecule has 0 spiro atoms. The van der Waals surface area contributed by atoms with E-state index in [2.05, 4.69) is 5.32 Å². The Hall–Kier alpha value is -1.00. The number of halogens is 2. The van der Waals surface area contributed by atoms with Crippen molar-refractivity contribution in [2.45, 2.75) is 6.23 Å². The average molecular weight is 173 g/mol. The van der Waals surface area contributed by atoms with Crippen LogP contribution in [0.25, 0.3) is 0 Å². The van der Waals surface area contributed by atoms with E-state index in [1.807, 2.05) is 0 Å². The monoisotopic (exact) mass is 173 g/mol. The van der Waals surface area contributed by atoms with Crippen LogP contribution in [0.15, 0.2) is 18.2 Å². The van der Waals surface area contributed by atoms with Gasteiger partial charge in [-0.2, -0.15) is 0 Å². The molecule has 2 N–H and O–H groups in total. The second-order valence-electron chi connectivity index (χ2n) is 2.36. The summed E-state index contributed by atoms with van der Waals surface area (Å²) in [6.45, 7) is 0. The summed E-state index contributed by atoms with van der Waals surface area (Å²) in [4.78, 5) is 0. The lowest BCUT2D eigenvalue weighted by Gasteiger charge is -2.08. The predicted octanol–water partition coefficient (Wildman–Crippen LogP) is 1.18. The third-order valence-electron chi connectivity index (χ3n) is 1.53. The minimum absolute atomic E-state index is 0.302. The largest absolute Gasteiger partial charge is 0.374 e. The van der Waals surface area contributed by atoms with E-state index in [0.29, 0.717) is 5.56 Å². The molecule has 0 radical (unpaired) electrons. The molecule has 0 aliphatic carbocycles. The second-order valence-corrected chi connectivity index (χ2v) is 2.36. The smallest absolute Gasteiger partial charge is 0.159 e. The van der Waals surface area contributed by atoms with Gasteiger partial charge >= 0.3 is 0 Å². The fourth-order valence-electron chi connectivity index (χ4n) is 0.849. The molecule has 0 fully saturated rings. The summed E-state index contributed by atoms with van der Waals surface area (Å²) in [5.41, 5.74) is 0.302. The highest BCUT2D eigenvalue weighted by Gasteiger charge is 2.07. The Labute approximate surface area is 68.8 Å². The van der Waals surface area contributed by atoms with Crippen LogP contribution in [0.3, 0.4) is 0 Å². The van der Waals surface area contributed by atoms with Crippen LogP contribution in [0.4, 0.5) is 8.78 Å². The lowest BCUT2D eigenvalue weighted by atomic mass is 10.2. The molecule has 0 aliphatic rings. The zero-order valence-corrected chi connectivity index (χ0v) is 6.51. The van der Waals surface area contributed by atoms with Crippen molar-refractivity contribution in [1.82, 2.24) is 5.32 Å². The van der Waals surface area contributed by atoms with Gasteiger partial charge in [0.2, 0.25) is 0 Å². The summed E-state index contributed by atoms with van der Waals surface area (Å²) < 4.78 is 25.0. The number of nitrogens with one attached hydrogen (secondary N) is 1. The molecule has 66 valence electrons. The first-order valence-corrected chi connectivity index (χ1v) is 3.45. The highest BCUT2D eigenvalue weighted by atomic mass is 19.2. The van der Waals surface area contributed by atoms with Crippen LogP contribution >= 0.6 is 0 Å². The van der Waals surface area contributed by atoms with Crippen LogP contribution in [0.2, 0.25) is 0 Å². The van der Waals surface area contributed by atoms with Gasteiger partial charge in [0, 0.05) is 0 Å². The SMILES string of the molecule is CNC(O)c1ccc(F)c(F)c1. The van der Waals surface area contributed by atoms with Gasteiger partial charge < -0.3 is 5.11 Å². The van der Waals surface area contributed by atoms with Gasteiger partial charge in [-0.1, -0.05) is 6.07 Å². The topological polar surface area (TPSA) is 32.3 Å². The van der Waals surface area contributed by atoms with E-state index >= 15 is 0 Å². The summed E-state index contributed by atoms with van der Waals surface area (Å²) in [6, 6.07) is 3.25. The number of rotatable bonds is 2. The van der Waals surface area contributed by atoms with Crippen molar-refractivity contribution in [3.8, 4) is 0 Å². The molecular formula is C8H9F2NO. The van der Waals surface area contributed by atoms with Crippen molar-refractivity contribution < 1.29 is 13.9 Å². The molecule has 0 aromatic heterocycles. The molecule has 2 nitrogen and oxygen atoms in total. The Kier molecular flexibility index (Phi) is 2.73. The van der Waals surface area contributed by atoms with Crippen LogP contribution in [0.5, 0.6) is 0 Å². The van der Waals surface area contributed by atoms with Crippen molar-refractivity contribution in [2.75, 3.05) is 7.05 Å². The van der Waals surface area contributed by atoms with Crippen LogP contribution in [0.1, 0.15) is 11.8 Å². The maximum Gasteiger partial charge on any atom is 0.159 e. The first-order chi connectivity index (χ1) is 5.65. The molecule has 0 saturated carbocycles. The highest BCUT2D eigenvalue weighted by Crippen LogP contribution is 2.13. The molecule has 0 heterocycles. The van der Waals surface area contributed by atoms with Gasteiger partial charge in [-0.05, 0) is 24.7 Å². The van der Waals surface area contributed by atoms with E-state index in [0.717, 1.165) is 12.1 Å². The zero-order valence-electron chi connectivity index (χ0n) is 6.51. The van der Waals surface area contributed by atoms with Gasteiger partial charge in [0.05, 0.1) is 0 Å². The van der Waals surface area contributed by atoms with Crippen LogP contribution in [0, 0.1) is 11.6 Å². The van der Waals surface area contributed by atoms with E-state index in [9.17, 15) is 8.78 Å². The predicted molar refractivity (Wildman–Crippen MR) is 40.4 cm³/mol. The number of aliphatic hydroxyl groups is 1. The molecule has 1 aromatic carbocycles. The molecular weight excluding hydrogens is 164 g/mol. The summed E-state index contributed by atoms with van der Waals surface area (Å²) in [5, 5.41) is 11.6. The molecule has 1 unspecified atom stereocenters. The molecule has 0 saturated heterocycles. The van der Waals surface area contributed by atoms with Crippen molar-refractivity contribution >= 4 is 0 Å². The van der Waals surface area contributed by atoms with Gasteiger partial charge in [-0.25, -0.2) is 8.78 Å². The standard InChI is InChI=1S/C8H9F2NO/c1-11-8(12)5-2-3-6(9)7(10)4-5/h2-4,8,11-12H,1H3. The van der Waals surface area contributed by atoms with E-state index in [4.69, 9.17) is 5.11 Å². The molecule has 1 rings (SSSR count). The van der Waals surface area contributed by atoms with E-state index in [-0.39, 0.29) is 0 Å². The fourth-order valence-corrected chi connectivity index (χ4v) is 0.849. The van der Waals surface area contributed by atoms with Crippen LogP contribution in [-0.2, 0) is 0 Å². The Morgan fingerprint density at radius 1 is 1.33 bits per heavy atom. The maximum absolute atomic E-state index is 12.6. The van der Waals surface area contributed by atoms with Gasteiger partial charge in [0.15, 0.2) is 11.6 Å². The van der Waals surface area contributed by atoms with Gasteiger partial charge in [-0.15, -0.1) is 0 Å². The van der Waals surface area contributed by atoms with E-state index in [1.165, 1.54) is 13.1 Å². The van der Waals surface area contributed by atoms with Crippen molar-refractivity contribution in [2.24, 2.45) is 0 Å². The number of aliphatic hydroxyl groups excluding tert-OH is 1. The van der Waals surface area contributed by atoms with Crippen LogP contribution in [-0.4, -0.2) is 12.2 Å². The number of benzene rings is 1. The minimum atomic E-state index is -0.958. The Morgan fingerprint density at radius 3 is 2.50 bits per heavy atom. The molecule has 0 amide bonds.